The molecule has 2 aromatic rings. The number of nitrogens with zero attached hydrogens (tertiary/aromatic N) is 1. The van der Waals surface area contributed by atoms with Gasteiger partial charge in [0.15, 0.2) is 5.82 Å². The predicted molar refractivity (Wildman–Crippen MR) is 145 cm³/mol. The molecule has 1 aliphatic carbocycles. The Hall–Kier alpha value is -2.69. The first-order valence-electron chi connectivity index (χ1n) is 12.2. The molecule has 1 aromatic carbocycles. The van der Waals surface area contributed by atoms with Gasteiger partial charge in [-0.2, -0.15) is 0 Å². The Labute approximate surface area is 213 Å². The van der Waals surface area contributed by atoms with Gasteiger partial charge < -0.3 is 10.1 Å². The zero-order valence-electron chi connectivity index (χ0n) is 21.2. The highest BCUT2D eigenvalue weighted by molar-refractivity contribution is 6.31. The van der Waals surface area contributed by atoms with Crippen LogP contribution in [0.15, 0.2) is 77.1 Å². The first kappa shape index (κ1) is 25.4. The second-order valence-electron chi connectivity index (χ2n) is 10.2. The molecule has 1 aromatic heterocycles. The van der Waals surface area contributed by atoms with E-state index in [1.807, 2.05) is 13.0 Å². The smallest absolute Gasteiger partial charge is 0.151 e. The molecule has 1 N–H and O–H groups in total. The van der Waals surface area contributed by atoms with Crippen LogP contribution >= 0.6 is 11.6 Å². The third-order valence-corrected chi connectivity index (χ3v) is 7.22. The fourth-order valence-corrected chi connectivity index (χ4v) is 5.10. The summed E-state index contributed by atoms with van der Waals surface area (Å²) >= 11 is 5.98. The lowest BCUT2D eigenvalue weighted by molar-refractivity contribution is 0.0819. The predicted octanol–water partition coefficient (Wildman–Crippen LogP) is 8.83. The Bertz CT molecular complexity index is 1280. The molecule has 1 atom stereocenters. The molecule has 1 unspecified atom stereocenters. The molecule has 4 rings (SSSR count). The normalized spacial score (nSPS) is 21.2. The third kappa shape index (κ3) is 5.76. The van der Waals surface area contributed by atoms with Gasteiger partial charge in [-0.15, -0.1) is 0 Å². The van der Waals surface area contributed by atoms with Crippen LogP contribution in [-0.2, 0) is 11.3 Å². The summed E-state index contributed by atoms with van der Waals surface area (Å²) in [5.41, 5.74) is 7.57. The summed E-state index contributed by atoms with van der Waals surface area (Å²) in [6.07, 6.45) is 17.9. The van der Waals surface area contributed by atoms with Crippen LogP contribution in [0.1, 0.15) is 59.4 Å². The van der Waals surface area contributed by atoms with Crippen molar-refractivity contribution in [1.82, 2.24) is 4.98 Å². The summed E-state index contributed by atoms with van der Waals surface area (Å²) in [4.78, 5) is 4.37. The zero-order chi connectivity index (χ0) is 25.2. The van der Waals surface area contributed by atoms with E-state index in [-0.39, 0.29) is 23.3 Å². The van der Waals surface area contributed by atoms with Gasteiger partial charge in [0.25, 0.3) is 0 Å². The van der Waals surface area contributed by atoms with Crippen LogP contribution in [0.3, 0.4) is 0 Å². The second kappa shape index (κ2) is 10.5. The van der Waals surface area contributed by atoms with Gasteiger partial charge in [-0.25, -0.2) is 4.39 Å². The Morgan fingerprint density at radius 2 is 2.03 bits per heavy atom. The maximum atomic E-state index is 14.6. The number of halogens is 2. The average molecular weight is 493 g/mol. The van der Waals surface area contributed by atoms with E-state index in [2.05, 4.69) is 68.4 Å². The minimum absolute atomic E-state index is 0.0863. The minimum atomic E-state index is -0.457. The molecule has 0 fully saturated rings. The third-order valence-electron chi connectivity index (χ3n) is 6.93. The standard InChI is InChI=1S/C30H34ClFN2O/c1-19(11-12-23-21(3)10-7-15-30(23,4)5)8-6-9-20(2)16-27-34-26-17-33-25-14-13-24(31)29(32)28(25)22(26)18-35-27/h6,8-9,11-14,16-17,27,34H,7,10,15,18H2,1-5H3/b9-6+,12-11+,19-8+,20-16+. The van der Waals surface area contributed by atoms with Crippen LogP contribution in [-0.4, -0.2) is 11.2 Å². The number of nitrogens with one attached hydrogen (secondary N) is 1. The lowest BCUT2D eigenvalue weighted by Gasteiger charge is -2.32. The van der Waals surface area contributed by atoms with Crippen molar-refractivity contribution in [2.75, 3.05) is 5.32 Å². The largest absolute Gasteiger partial charge is 0.355 e. The molecule has 0 saturated heterocycles. The number of hydrogen-bond acceptors (Lipinski definition) is 3. The lowest BCUT2D eigenvalue weighted by atomic mass is 9.72. The molecular formula is C30H34ClFN2O. The molecule has 0 spiro atoms. The number of allylic oxidation sites excluding steroid dienone is 9. The summed E-state index contributed by atoms with van der Waals surface area (Å²) in [5, 5.41) is 3.80. The van der Waals surface area contributed by atoms with Crippen LogP contribution in [0, 0.1) is 11.2 Å². The first-order chi connectivity index (χ1) is 16.7. The number of ether oxygens (including phenoxy) is 1. The van der Waals surface area contributed by atoms with E-state index < -0.39 is 5.82 Å². The Morgan fingerprint density at radius 3 is 2.80 bits per heavy atom. The summed E-state index contributed by atoms with van der Waals surface area (Å²) in [6.45, 7) is 11.4. The van der Waals surface area contributed by atoms with Gasteiger partial charge in [0.1, 0.15) is 6.23 Å². The molecule has 0 bridgehead atoms. The number of pyridine rings is 1. The molecule has 2 aliphatic rings. The number of benzene rings is 1. The van der Waals surface area contributed by atoms with Crippen molar-refractivity contribution in [2.24, 2.45) is 5.41 Å². The first-order valence-corrected chi connectivity index (χ1v) is 12.6. The van der Waals surface area contributed by atoms with E-state index in [0.717, 1.165) is 16.8 Å². The van der Waals surface area contributed by atoms with Gasteiger partial charge in [0.05, 0.1) is 29.0 Å². The van der Waals surface area contributed by atoms with Gasteiger partial charge >= 0.3 is 0 Å². The topological polar surface area (TPSA) is 34.2 Å². The summed E-state index contributed by atoms with van der Waals surface area (Å²) in [5.74, 6) is -0.457. The monoisotopic (exact) mass is 492 g/mol. The Morgan fingerprint density at radius 1 is 1.23 bits per heavy atom. The zero-order valence-corrected chi connectivity index (χ0v) is 22.0. The van der Waals surface area contributed by atoms with Crippen LogP contribution < -0.4 is 5.32 Å². The van der Waals surface area contributed by atoms with Crippen LogP contribution in [0.25, 0.3) is 10.9 Å². The highest BCUT2D eigenvalue weighted by Gasteiger charge is 2.26. The van der Waals surface area contributed by atoms with Crippen LogP contribution in [0.5, 0.6) is 0 Å². The lowest BCUT2D eigenvalue weighted by Crippen LogP contribution is -2.26. The minimum Gasteiger partial charge on any atom is -0.355 e. The van der Waals surface area contributed by atoms with E-state index in [0.29, 0.717) is 10.9 Å². The highest BCUT2D eigenvalue weighted by Crippen LogP contribution is 2.40. The van der Waals surface area contributed by atoms with Crippen molar-refractivity contribution in [2.45, 2.75) is 66.7 Å². The van der Waals surface area contributed by atoms with E-state index in [1.165, 1.54) is 42.0 Å². The number of rotatable bonds is 5. The van der Waals surface area contributed by atoms with E-state index >= 15 is 0 Å². The van der Waals surface area contributed by atoms with Crippen LogP contribution in [0.2, 0.25) is 5.02 Å². The number of hydrogen-bond donors (Lipinski definition) is 1. The summed E-state index contributed by atoms with van der Waals surface area (Å²) in [7, 11) is 0. The van der Waals surface area contributed by atoms with Gasteiger partial charge in [-0.05, 0) is 69.2 Å². The fraction of sp³-hybridized carbons (Fsp3) is 0.367. The summed E-state index contributed by atoms with van der Waals surface area (Å²) < 4.78 is 20.6. The molecular weight excluding hydrogens is 459 g/mol. The molecule has 2 heterocycles. The average Bonchev–Trinajstić information content (AvgIpc) is 2.80. The SMILES string of the molecule is CC1=C(/C=C/C(C)=C/C=C/C(C)=C/C2Nc3cnc4ccc(Cl)c(F)c4c3CO2)C(C)(C)CCC1. The Balaban J connectivity index is 1.43. The fourth-order valence-electron chi connectivity index (χ4n) is 4.94. The van der Waals surface area contributed by atoms with E-state index in [4.69, 9.17) is 16.3 Å². The number of anilines is 1. The molecule has 3 nitrogen and oxygen atoms in total. The second-order valence-corrected chi connectivity index (χ2v) is 10.6. The van der Waals surface area contributed by atoms with E-state index in [9.17, 15) is 4.39 Å². The van der Waals surface area contributed by atoms with Crippen molar-refractivity contribution in [3.63, 3.8) is 0 Å². The number of aromatic nitrogens is 1. The van der Waals surface area contributed by atoms with Crippen molar-refractivity contribution < 1.29 is 9.13 Å². The highest BCUT2D eigenvalue weighted by atomic mass is 35.5. The molecule has 35 heavy (non-hydrogen) atoms. The Kier molecular flexibility index (Phi) is 7.63. The quantitative estimate of drug-likeness (QED) is 0.423. The van der Waals surface area contributed by atoms with Gasteiger partial charge in [-0.3, -0.25) is 4.98 Å². The molecule has 1 aliphatic heterocycles. The van der Waals surface area contributed by atoms with Crippen LogP contribution in [0.4, 0.5) is 10.1 Å². The molecule has 0 saturated carbocycles. The van der Waals surface area contributed by atoms with Gasteiger partial charge in [0.2, 0.25) is 0 Å². The maximum absolute atomic E-state index is 14.6. The van der Waals surface area contributed by atoms with Gasteiger partial charge in [-0.1, -0.05) is 72.5 Å². The van der Waals surface area contributed by atoms with Crippen molar-refractivity contribution >= 4 is 28.2 Å². The van der Waals surface area contributed by atoms with Crippen molar-refractivity contribution in [3.8, 4) is 0 Å². The molecule has 0 amide bonds. The molecule has 0 radical (unpaired) electrons. The van der Waals surface area contributed by atoms with E-state index in [1.54, 1.807) is 12.3 Å². The molecule has 5 heteroatoms. The summed E-state index contributed by atoms with van der Waals surface area (Å²) in [6, 6.07) is 3.25. The maximum Gasteiger partial charge on any atom is 0.151 e. The van der Waals surface area contributed by atoms with Crippen molar-refractivity contribution in [3.05, 3.63) is 93.5 Å². The van der Waals surface area contributed by atoms with Crippen molar-refractivity contribution in [1.29, 1.82) is 0 Å². The van der Waals surface area contributed by atoms with Gasteiger partial charge in [0, 0.05) is 10.9 Å². The molecule has 184 valence electrons. The number of fused-ring (bicyclic) bond motifs is 3.